The molecular weight excluding hydrogens is 296 g/mol. The Morgan fingerprint density at radius 3 is 2.21 bits per heavy atom. The molecule has 0 bridgehead atoms. The van der Waals surface area contributed by atoms with Crippen molar-refractivity contribution < 1.29 is 9.47 Å². The molecule has 1 heterocycles. The van der Waals surface area contributed by atoms with Gasteiger partial charge in [-0.1, -0.05) is 17.7 Å². The van der Waals surface area contributed by atoms with Crippen LogP contribution in [0.1, 0.15) is 46.7 Å². The minimum absolute atomic E-state index is 0.281. The van der Waals surface area contributed by atoms with Crippen molar-refractivity contribution in [2.75, 3.05) is 6.61 Å². The van der Waals surface area contributed by atoms with Gasteiger partial charge in [0.1, 0.15) is 23.7 Å². The van der Waals surface area contributed by atoms with E-state index in [1.165, 1.54) is 33.4 Å². The van der Waals surface area contributed by atoms with Gasteiger partial charge in [0, 0.05) is 0 Å². The zero-order valence-electron chi connectivity index (χ0n) is 15.7. The Morgan fingerprint density at radius 1 is 0.917 bits per heavy atom. The first-order valence-electron chi connectivity index (χ1n) is 8.78. The first-order valence-corrected chi connectivity index (χ1v) is 8.78. The minimum atomic E-state index is -0.281. The third kappa shape index (κ3) is 3.02. The molecule has 2 heteroatoms. The molecule has 24 heavy (non-hydrogen) atoms. The molecule has 3 rings (SSSR count). The predicted molar refractivity (Wildman–Crippen MR) is 99.4 cm³/mol. The summed E-state index contributed by atoms with van der Waals surface area (Å²) in [4.78, 5) is 0. The quantitative estimate of drug-likeness (QED) is 0.753. The van der Waals surface area contributed by atoms with Crippen molar-refractivity contribution in [3.8, 4) is 11.5 Å². The highest BCUT2D eigenvalue weighted by atomic mass is 16.5. The van der Waals surface area contributed by atoms with E-state index in [0.29, 0.717) is 6.61 Å². The maximum atomic E-state index is 6.49. The molecule has 0 amide bonds. The maximum Gasteiger partial charge on any atom is 0.140 e. The van der Waals surface area contributed by atoms with Gasteiger partial charge in [-0.25, -0.2) is 0 Å². The summed E-state index contributed by atoms with van der Waals surface area (Å²) in [5.41, 5.74) is 7.74. The molecule has 0 N–H and O–H groups in total. The van der Waals surface area contributed by atoms with Gasteiger partial charge in [-0.05, 0) is 94.3 Å². The maximum absolute atomic E-state index is 6.49. The van der Waals surface area contributed by atoms with E-state index in [1.54, 1.807) is 0 Å². The topological polar surface area (TPSA) is 18.5 Å². The van der Waals surface area contributed by atoms with Crippen molar-refractivity contribution in [1.29, 1.82) is 0 Å². The van der Waals surface area contributed by atoms with Crippen LogP contribution >= 0.6 is 0 Å². The summed E-state index contributed by atoms with van der Waals surface area (Å²) in [5, 5.41) is 0. The summed E-state index contributed by atoms with van der Waals surface area (Å²) in [6.07, 6.45) is 2.03. The summed E-state index contributed by atoms with van der Waals surface area (Å²) >= 11 is 0. The lowest BCUT2D eigenvalue weighted by Gasteiger charge is -2.38. The third-order valence-corrected chi connectivity index (χ3v) is 5.57. The third-order valence-electron chi connectivity index (χ3n) is 5.57. The molecule has 0 fully saturated rings. The Labute approximate surface area is 145 Å². The van der Waals surface area contributed by atoms with Crippen LogP contribution in [0.2, 0.25) is 0 Å². The zero-order chi connectivity index (χ0) is 17.5. The van der Waals surface area contributed by atoms with E-state index in [-0.39, 0.29) is 5.60 Å². The van der Waals surface area contributed by atoms with Gasteiger partial charge in [0.2, 0.25) is 0 Å². The van der Waals surface area contributed by atoms with E-state index >= 15 is 0 Å². The largest absolute Gasteiger partial charge is 0.489 e. The highest BCUT2D eigenvalue weighted by molar-refractivity contribution is 5.55. The monoisotopic (exact) mass is 324 g/mol. The van der Waals surface area contributed by atoms with E-state index in [9.17, 15) is 0 Å². The molecule has 0 aliphatic carbocycles. The van der Waals surface area contributed by atoms with Gasteiger partial charge < -0.3 is 9.47 Å². The summed E-state index contributed by atoms with van der Waals surface area (Å²) in [6.45, 7) is 13.6. The first-order chi connectivity index (χ1) is 11.3. The number of hydrogen-bond donors (Lipinski definition) is 0. The number of fused-ring (bicyclic) bond motifs is 1. The van der Waals surface area contributed by atoms with Crippen molar-refractivity contribution in [2.45, 2.75) is 60.0 Å². The van der Waals surface area contributed by atoms with Gasteiger partial charge in [-0.2, -0.15) is 0 Å². The molecule has 0 saturated carbocycles. The van der Waals surface area contributed by atoms with Crippen molar-refractivity contribution in [2.24, 2.45) is 0 Å². The lowest BCUT2D eigenvalue weighted by molar-refractivity contribution is 0.0167. The van der Waals surface area contributed by atoms with Gasteiger partial charge in [-0.15, -0.1) is 0 Å². The smallest absolute Gasteiger partial charge is 0.140 e. The lowest BCUT2D eigenvalue weighted by Crippen LogP contribution is -2.42. The van der Waals surface area contributed by atoms with Crippen LogP contribution in [0.5, 0.6) is 11.5 Å². The Morgan fingerprint density at radius 2 is 1.54 bits per heavy atom. The van der Waals surface area contributed by atoms with E-state index in [4.69, 9.17) is 9.47 Å². The first kappa shape index (κ1) is 16.9. The molecule has 2 nitrogen and oxygen atoms in total. The fraction of sp³-hybridized carbons (Fsp3) is 0.455. The summed E-state index contributed by atoms with van der Waals surface area (Å²) in [5.74, 6) is 1.99. The van der Waals surface area contributed by atoms with Gasteiger partial charge in [0.25, 0.3) is 0 Å². The van der Waals surface area contributed by atoms with Crippen LogP contribution in [-0.4, -0.2) is 12.2 Å². The highest BCUT2D eigenvalue weighted by Crippen LogP contribution is 2.40. The summed E-state index contributed by atoms with van der Waals surface area (Å²) in [6, 6.07) is 8.21. The van der Waals surface area contributed by atoms with Gasteiger partial charge in [0.15, 0.2) is 0 Å². The number of rotatable bonds is 3. The Kier molecular flexibility index (Phi) is 4.33. The van der Waals surface area contributed by atoms with E-state index in [0.717, 1.165) is 24.3 Å². The Bertz CT molecular complexity index is 759. The molecule has 0 aromatic heterocycles. The summed E-state index contributed by atoms with van der Waals surface area (Å²) in [7, 11) is 0. The second-order valence-corrected chi connectivity index (χ2v) is 7.46. The van der Waals surface area contributed by atoms with Crippen LogP contribution in [-0.2, 0) is 6.42 Å². The van der Waals surface area contributed by atoms with Crippen LogP contribution < -0.4 is 9.47 Å². The second-order valence-electron chi connectivity index (χ2n) is 7.46. The van der Waals surface area contributed by atoms with Crippen molar-refractivity contribution in [1.82, 2.24) is 0 Å². The molecule has 2 aromatic carbocycles. The van der Waals surface area contributed by atoms with Crippen molar-refractivity contribution in [3.05, 3.63) is 57.6 Å². The van der Waals surface area contributed by atoms with Crippen LogP contribution in [0.25, 0.3) is 0 Å². The van der Waals surface area contributed by atoms with E-state index in [1.807, 2.05) is 12.1 Å². The minimum Gasteiger partial charge on any atom is -0.489 e. The van der Waals surface area contributed by atoms with Gasteiger partial charge in [0.05, 0.1) is 0 Å². The SMILES string of the molecule is Cc1ccc(OCC2(C)CCc3c(C)c(C)c(C)c(C)c3O2)cc1. The fourth-order valence-electron chi connectivity index (χ4n) is 3.45. The molecule has 128 valence electrons. The normalized spacial score (nSPS) is 19.6. The molecule has 0 spiro atoms. The molecule has 1 atom stereocenters. The average molecular weight is 324 g/mol. The molecule has 0 saturated heterocycles. The number of ether oxygens (including phenoxy) is 2. The standard InChI is InChI=1S/C22H28O2/c1-14-7-9-19(10-8-14)23-13-22(6)12-11-20-17(4)15(2)16(3)18(5)21(20)24-22/h7-10H,11-13H2,1-6H3. The van der Waals surface area contributed by atoms with Crippen molar-refractivity contribution in [3.63, 3.8) is 0 Å². The second kappa shape index (κ2) is 6.16. The highest BCUT2D eigenvalue weighted by Gasteiger charge is 2.35. The summed E-state index contributed by atoms with van der Waals surface area (Å²) < 4.78 is 12.5. The van der Waals surface area contributed by atoms with Crippen molar-refractivity contribution >= 4 is 0 Å². The Hall–Kier alpha value is -1.96. The Balaban J connectivity index is 1.82. The lowest BCUT2D eigenvalue weighted by atomic mass is 9.85. The molecular formula is C22H28O2. The van der Waals surface area contributed by atoms with Crippen LogP contribution in [0, 0.1) is 34.6 Å². The van der Waals surface area contributed by atoms with Gasteiger partial charge >= 0.3 is 0 Å². The van der Waals surface area contributed by atoms with Gasteiger partial charge in [-0.3, -0.25) is 0 Å². The number of hydrogen-bond acceptors (Lipinski definition) is 2. The molecule has 2 aromatic rings. The fourth-order valence-corrected chi connectivity index (χ4v) is 3.45. The molecule has 1 aliphatic rings. The molecule has 0 radical (unpaired) electrons. The number of benzene rings is 2. The van der Waals surface area contributed by atoms with E-state index < -0.39 is 0 Å². The molecule has 1 unspecified atom stereocenters. The van der Waals surface area contributed by atoms with E-state index in [2.05, 4.69) is 53.7 Å². The van der Waals surface area contributed by atoms with Crippen LogP contribution in [0.15, 0.2) is 24.3 Å². The van der Waals surface area contributed by atoms with Crippen LogP contribution in [0.3, 0.4) is 0 Å². The van der Waals surface area contributed by atoms with Crippen LogP contribution in [0.4, 0.5) is 0 Å². The molecule has 1 aliphatic heterocycles. The number of aryl methyl sites for hydroxylation is 1. The predicted octanol–water partition coefficient (Wildman–Crippen LogP) is 5.39. The zero-order valence-corrected chi connectivity index (χ0v) is 15.7. The average Bonchev–Trinajstić information content (AvgIpc) is 2.57.